The second-order valence-corrected chi connectivity index (χ2v) is 7.03. The summed E-state index contributed by atoms with van der Waals surface area (Å²) < 4.78 is 19.0. The molecule has 0 radical (unpaired) electrons. The van der Waals surface area contributed by atoms with E-state index in [0.29, 0.717) is 6.54 Å². The summed E-state index contributed by atoms with van der Waals surface area (Å²) in [7, 11) is 0. The van der Waals surface area contributed by atoms with Crippen LogP contribution in [0.1, 0.15) is 37.7 Å². The predicted molar refractivity (Wildman–Crippen MR) is 81.0 cm³/mol. The van der Waals surface area contributed by atoms with Gasteiger partial charge in [-0.3, -0.25) is 4.79 Å². The second kappa shape index (κ2) is 5.34. The molecule has 0 aromatic heterocycles. The minimum atomic E-state index is -0.390. The van der Waals surface area contributed by atoms with E-state index >= 15 is 0 Å². The molecule has 0 N–H and O–H groups in total. The number of halogens is 1. The minimum absolute atomic E-state index is 0.202. The first-order valence-corrected chi connectivity index (χ1v) is 8.34. The van der Waals surface area contributed by atoms with E-state index in [-0.39, 0.29) is 23.2 Å². The lowest BCUT2D eigenvalue weighted by molar-refractivity contribution is -0.133. The third-order valence-electron chi connectivity index (χ3n) is 5.25. The van der Waals surface area contributed by atoms with Crippen LogP contribution in [0.3, 0.4) is 0 Å². The Morgan fingerprint density at radius 2 is 1.95 bits per heavy atom. The van der Waals surface area contributed by atoms with Crippen molar-refractivity contribution in [3.63, 3.8) is 0 Å². The molecular weight excluding hydrogens is 281 g/mol. The summed E-state index contributed by atoms with van der Waals surface area (Å²) in [6, 6.07) is 6.43. The lowest BCUT2D eigenvalue weighted by Gasteiger charge is -2.23. The highest BCUT2D eigenvalue weighted by Crippen LogP contribution is 2.50. The molecular formula is C18H22FNO2. The van der Waals surface area contributed by atoms with E-state index in [4.69, 9.17) is 4.74 Å². The molecule has 1 unspecified atom stereocenters. The Kier molecular flexibility index (Phi) is 3.44. The first-order chi connectivity index (χ1) is 10.7. The van der Waals surface area contributed by atoms with Gasteiger partial charge in [-0.15, -0.1) is 0 Å². The molecule has 4 rings (SSSR count). The van der Waals surface area contributed by atoms with Crippen LogP contribution in [0.25, 0.3) is 0 Å². The van der Waals surface area contributed by atoms with Gasteiger partial charge in [0.05, 0.1) is 11.5 Å². The van der Waals surface area contributed by atoms with Crippen LogP contribution in [0.5, 0.6) is 0 Å². The third-order valence-corrected chi connectivity index (χ3v) is 5.25. The van der Waals surface area contributed by atoms with Crippen molar-refractivity contribution in [2.24, 2.45) is 5.92 Å². The molecule has 118 valence electrons. The Morgan fingerprint density at radius 3 is 2.59 bits per heavy atom. The van der Waals surface area contributed by atoms with Gasteiger partial charge in [-0.1, -0.05) is 12.1 Å². The number of amides is 1. The zero-order chi connectivity index (χ0) is 15.2. The van der Waals surface area contributed by atoms with Gasteiger partial charge in [-0.25, -0.2) is 4.39 Å². The van der Waals surface area contributed by atoms with Crippen molar-refractivity contribution in [2.45, 2.75) is 43.6 Å². The van der Waals surface area contributed by atoms with Gasteiger partial charge in [0.15, 0.2) is 0 Å². The van der Waals surface area contributed by atoms with Gasteiger partial charge in [0, 0.05) is 19.7 Å². The molecule has 1 aromatic rings. The van der Waals surface area contributed by atoms with Gasteiger partial charge in [0.2, 0.25) is 5.91 Å². The summed E-state index contributed by atoms with van der Waals surface area (Å²) in [5, 5.41) is 0. The largest absolute Gasteiger partial charge is 0.376 e. The quantitative estimate of drug-likeness (QED) is 0.837. The molecule has 22 heavy (non-hydrogen) atoms. The predicted octanol–water partition coefficient (Wildman–Crippen LogP) is 2.88. The molecule has 3 aliphatic rings. The summed E-state index contributed by atoms with van der Waals surface area (Å²) >= 11 is 0. The second-order valence-electron chi connectivity index (χ2n) is 7.03. The maximum absolute atomic E-state index is 13.1. The smallest absolute Gasteiger partial charge is 0.233 e. The summed E-state index contributed by atoms with van der Waals surface area (Å²) in [5.74, 6) is 0.720. The van der Waals surface area contributed by atoms with E-state index < -0.39 is 0 Å². The fourth-order valence-electron chi connectivity index (χ4n) is 3.43. The lowest BCUT2D eigenvalue weighted by Crippen LogP contribution is -2.38. The van der Waals surface area contributed by atoms with Crippen LogP contribution in [-0.4, -0.2) is 36.6 Å². The molecule has 1 aromatic carbocycles. The molecule has 0 spiro atoms. The number of ether oxygens (including phenoxy) is 1. The number of hydrogen-bond acceptors (Lipinski definition) is 2. The van der Waals surface area contributed by atoms with Crippen LogP contribution in [-0.2, 0) is 14.9 Å². The fourth-order valence-corrected chi connectivity index (χ4v) is 3.43. The molecule has 2 aliphatic carbocycles. The minimum Gasteiger partial charge on any atom is -0.376 e. The van der Waals surface area contributed by atoms with Crippen molar-refractivity contribution >= 4 is 5.91 Å². The van der Waals surface area contributed by atoms with E-state index in [2.05, 4.69) is 0 Å². The van der Waals surface area contributed by atoms with Crippen LogP contribution in [0.2, 0.25) is 0 Å². The van der Waals surface area contributed by atoms with Crippen LogP contribution >= 0.6 is 0 Å². The highest BCUT2D eigenvalue weighted by molar-refractivity contribution is 5.91. The normalized spacial score (nSPS) is 26.2. The third kappa shape index (κ3) is 2.65. The maximum atomic E-state index is 13.1. The number of nitrogens with zero attached hydrogens (tertiary/aromatic N) is 1. The van der Waals surface area contributed by atoms with Crippen LogP contribution < -0.4 is 0 Å². The number of rotatable bonds is 5. The molecule has 1 amide bonds. The molecule has 3 nitrogen and oxygen atoms in total. The number of benzene rings is 1. The Bertz CT molecular complexity index is 563. The molecule has 1 atom stereocenters. The topological polar surface area (TPSA) is 29.5 Å². The number of hydrogen-bond donors (Lipinski definition) is 0. The molecule has 1 aliphatic heterocycles. The lowest BCUT2D eigenvalue weighted by atomic mass is 9.94. The molecule has 1 saturated heterocycles. The van der Waals surface area contributed by atoms with Crippen molar-refractivity contribution in [3.05, 3.63) is 35.6 Å². The van der Waals surface area contributed by atoms with Gasteiger partial charge >= 0.3 is 0 Å². The average molecular weight is 303 g/mol. The first-order valence-electron chi connectivity index (χ1n) is 8.34. The Hall–Kier alpha value is -1.42. The standard InChI is InChI=1S/C18H22FNO2/c19-15-5-3-14(4-6-15)18(8-9-18)17(21)20-10-7-16(11-20)22-12-13-1-2-13/h3-6,13,16H,1-2,7-12H2. The summed E-state index contributed by atoms with van der Waals surface area (Å²) in [6.07, 6.45) is 5.49. The monoisotopic (exact) mass is 303 g/mol. The average Bonchev–Trinajstić information content (AvgIpc) is 3.45. The van der Waals surface area contributed by atoms with Crippen molar-refractivity contribution in [3.8, 4) is 0 Å². The first kappa shape index (κ1) is 14.2. The number of carbonyl (C=O) groups excluding carboxylic acids is 1. The van der Waals surface area contributed by atoms with Crippen LogP contribution in [0.15, 0.2) is 24.3 Å². The zero-order valence-electron chi connectivity index (χ0n) is 12.8. The highest BCUT2D eigenvalue weighted by atomic mass is 19.1. The van der Waals surface area contributed by atoms with Crippen LogP contribution in [0.4, 0.5) is 4.39 Å². The van der Waals surface area contributed by atoms with E-state index in [1.807, 2.05) is 4.90 Å². The molecule has 1 heterocycles. The highest BCUT2D eigenvalue weighted by Gasteiger charge is 2.53. The van der Waals surface area contributed by atoms with E-state index in [9.17, 15) is 9.18 Å². The van der Waals surface area contributed by atoms with Gasteiger partial charge in [-0.2, -0.15) is 0 Å². The number of likely N-dealkylation sites (tertiary alicyclic amines) is 1. The molecule has 3 fully saturated rings. The van der Waals surface area contributed by atoms with E-state index in [1.165, 1.54) is 25.0 Å². The van der Waals surface area contributed by atoms with Crippen molar-refractivity contribution in [1.29, 1.82) is 0 Å². The van der Waals surface area contributed by atoms with E-state index in [1.54, 1.807) is 12.1 Å². The van der Waals surface area contributed by atoms with E-state index in [0.717, 1.165) is 43.9 Å². The van der Waals surface area contributed by atoms with Gasteiger partial charge in [0.25, 0.3) is 0 Å². The van der Waals surface area contributed by atoms with Crippen molar-refractivity contribution in [2.75, 3.05) is 19.7 Å². The number of carbonyl (C=O) groups is 1. The molecule has 4 heteroatoms. The Morgan fingerprint density at radius 1 is 1.23 bits per heavy atom. The molecule has 2 saturated carbocycles. The SMILES string of the molecule is O=C(N1CCC(OCC2CC2)C1)C1(c2ccc(F)cc2)CC1. The van der Waals surface area contributed by atoms with Crippen molar-refractivity contribution < 1.29 is 13.9 Å². The summed E-state index contributed by atoms with van der Waals surface area (Å²) in [6.45, 7) is 2.36. The summed E-state index contributed by atoms with van der Waals surface area (Å²) in [5.41, 5.74) is 0.570. The Balaban J connectivity index is 1.40. The van der Waals surface area contributed by atoms with Crippen molar-refractivity contribution in [1.82, 2.24) is 4.90 Å². The van der Waals surface area contributed by atoms with Gasteiger partial charge in [-0.05, 0) is 55.7 Å². The van der Waals surface area contributed by atoms with Gasteiger partial charge in [0.1, 0.15) is 5.82 Å². The Labute approximate surface area is 130 Å². The fraction of sp³-hybridized carbons (Fsp3) is 0.611. The maximum Gasteiger partial charge on any atom is 0.233 e. The zero-order valence-corrected chi connectivity index (χ0v) is 12.8. The molecule has 0 bridgehead atoms. The van der Waals surface area contributed by atoms with Crippen LogP contribution in [0, 0.1) is 11.7 Å². The van der Waals surface area contributed by atoms with Gasteiger partial charge < -0.3 is 9.64 Å². The summed E-state index contributed by atoms with van der Waals surface area (Å²) in [4.78, 5) is 14.8.